The standard InChI is InChI=1S/C20H20N6O/c1-27-15-10-14(11-15)24-19-16-5-4-13(9-12(16)6-8-22-19)23-20-18-17(25-26-20)3-2-7-21-18/h2-9,14-15H,10-11H2,1H3,(H,22,24)(H2,23,25,26). The molecular formula is C20H20N6O. The third-order valence-corrected chi connectivity index (χ3v) is 5.12. The molecule has 1 aliphatic carbocycles. The highest BCUT2D eigenvalue weighted by atomic mass is 16.5. The lowest BCUT2D eigenvalue weighted by Crippen LogP contribution is -2.40. The average molecular weight is 360 g/mol. The Balaban J connectivity index is 1.41. The SMILES string of the molecule is COC1CC(Nc2nccc3cc(Nc4n[nH]c5cccnc45)ccc23)C1. The number of nitrogens with zero attached hydrogens (tertiary/aromatic N) is 3. The highest BCUT2D eigenvalue weighted by Gasteiger charge is 2.29. The summed E-state index contributed by atoms with van der Waals surface area (Å²) in [5.41, 5.74) is 2.69. The molecule has 1 saturated carbocycles. The van der Waals surface area contributed by atoms with Gasteiger partial charge in [-0.1, -0.05) is 0 Å². The lowest BCUT2D eigenvalue weighted by molar-refractivity contribution is 0.0328. The quantitative estimate of drug-likeness (QED) is 0.501. The molecule has 1 fully saturated rings. The lowest BCUT2D eigenvalue weighted by Gasteiger charge is -2.35. The fraction of sp³-hybridized carbons (Fsp3) is 0.250. The van der Waals surface area contributed by atoms with Gasteiger partial charge in [0.15, 0.2) is 5.82 Å². The normalized spacial score (nSPS) is 19.1. The van der Waals surface area contributed by atoms with Crippen LogP contribution in [0.5, 0.6) is 0 Å². The van der Waals surface area contributed by atoms with E-state index in [2.05, 4.69) is 42.9 Å². The van der Waals surface area contributed by atoms with E-state index in [1.807, 2.05) is 30.5 Å². The van der Waals surface area contributed by atoms with Crippen molar-refractivity contribution in [1.29, 1.82) is 0 Å². The molecule has 7 heteroatoms. The molecule has 1 aliphatic rings. The Morgan fingerprint density at radius 1 is 1.07 bits per heavy atom. The third-order valence-electron chi connectivity index (χ3n) is 5.12. The number of methoxy groups -OCH3 is 1. The Morgan fingerprint density at radius 2 is 2.00 bits per heavy atom. The average Bonchev–Trinajstić information content (AvgIpc) is 3.07. The fourth-order valence-corrected chi connectivity index (χ4v) is 3.52. The van der Waals surface area contributed by atoms with Crippen molar-refractivity contribution >= 4 is 39.1 Å². The molecule has 0 atom stereocenters. The van der Waals surface area contributed by atoms with Gasteiger partial charge in [0.1, 0.15) is 11.3 Å². The van der Waals surface area contributed by atoms with Crippen LogP contribution in [0.25, 0.3) is 21.8 Å². The third kappa shape index (κ3) is 2.96. The highest BCUT2D eigenvalue weighted by molar-refractivity contribution is 5.95. The van der Waals surface area contributed by atoms with Crippen LogP contribution in [0, 0.1) is 0 Å². The van der Waals surface area contributed by atoms with E-state index in [0.29, 0.717) is 12.1 Å². The molecule has 0 unspecified atom stereocenters. The molecule has 0 radical (unpaired) electrons. The Bertz CT molecular complexity index is 1100. The zero-order chi connectivity index (χ0) is 18.2. The van der Waals surface area contributed by atoms with Crippen LogP contribution in [0.15, 0.2) is 48.8 Å². The topological polar surface area (TPSA) is 87.8 Å². The van der Waals surface area contributed by atoms with E-state index in [-0.39, 0.29) is 0 Å². The predicted molar refractivity (Wildman–Crippen MR) is 106 cm³/mol. The van der Waals surface area contributed by atoms with Gasteiger partial charge >= 0.3 is 0 Å². The number of hydrogen-bond acceptors (Lipinski definition) is 6. The summed E-state index contributed by atoms with van der Waals surface area (Å²) in [5, 5.41) is 16.4. The van der Waals surface area contributed by atoms with E-state index in [1.54, 1.807) is 13.3 Å². The first-order chi connectivity index (χ1) is 13.3. The highest BCUT2D eigenvalue weighted by Crippen LogP contribution is 2.31. The summed E-state index contributed by atoms with van der Waals surface area (Å²) in [6.45, 7) is 0. The summed E-state index contributed by atoms with van der Waals surface area (Å²) in [4.78, 5) is 8.92. The first kappa shape index (κ1) is 16.0. The molecule has 3 aromatic heterocycles. The maximum atomic E-state index is 5.36. The molecule has 0 spiro atoms. The Labute approximate surface area is 156 Å². The number of anilines is 3. The molecule has 0 amide bonds. The zero-order valence-electron chi connectivity index (χ0n) is 14.9. The molecule has 0 bridgehead atoms. The van der Waals surface area contributed by atoms with Gasteiger partial charge in [0, 0.05) is 36.6 Å². The number of ether oxygens (including phenoxy) is 1. The Morgan fingerprint density at radius 3 is 2.89 bits per heavy atom. The van der Waals surface area contributed by atoms with Gasteiger partial charge in [0.25, 0.3) is 0 Å². The summed E-state index contributed by atoms with van der Waals surface area (Å²) in [5.74, 6) is 1.64. The van der Waals surface area contributed by atoms with Crippen molar-refractivity contribution in [3.05, 3.63) is 48.8 Å². The van der Waals surface area contributed by atoms with Gasteiger partial charge < -0.3 is 15.4 Å². The molecule has 3 heterocycles. The largest absolute Gasteiger partial charge is 0.381 e. The smallest absolute Gasteiger partial charge is 0.178 e. The van der Waals surface area contributed by atoms with Crippen molar-refractivity contribution < 1.29 is 4.74 Å². The Hall–Kier alpha value is -3.19. The summed E-state index contributed by atoms with van der Waals surface area (Å²) >= 11 is 0. The zero-order valence-corrected chi connectivity index (χ0v) is 14.9. The van der Waals surface area contributed by atoms with Crippen LogP contribution in [0.4, 0.5) is 17.3 Å². The molecule has 7 nitrogen and oxygen atoms in total. The van der Waals surface area contributed by atoms with E-state index in [9.17, 15) is 0 Å². The number of benzene rings is 1. The van der Waals surface area contributed by atoms with Crippen LogP contribution in [-0.2, 0) is 4.74 Å². The number of H-pyrrole nitrogens is 1. The van der Waals surface area contributed by atoms with E-state index in [4.69, 9.17) is 4.74 Å². The van der Waals surface area contributed by atoms with Crippen molar-refractivity contribution in [2.45, 2.75) is 25.0 Å². The number of nitrogens with one attached hydrogen (secondary N) is 3. The minimum absolute atomic E-state index is 0.366. The summed E-state index contributed by atoms with van der Waals surface area (Å²) in [6, 6.07) is 12.5. The second kappa shape index (κ2) is 6.51. The molecule has 27 heavy (non-hydrogen) atoms. The number of hydrogen-bond donors (Lipinski definition) is 3. The van der Waals surface area contributed by atoms with Crippen LogP contribution >= 0.6 is 0 Å². The fourth-order valence-electron chi connectivity index (χ4n) is 3.52. The summed E-state index contributed by atoms with van der Waals surface area (Å²) in [7, 11) is 1.77. The van der Waals surface area contributed by atoms with Gasteiger partial charge in [-0.15, -0.1) is 0 Å². The first-order valence-corrected chi connectivity index (χ1v) is 9.04. The molecule has 0 aliphatic heterocycles. The van der Waals surface area contributed by atoms with Crippen molar-refractivity contribution in [2.24, 2.45) is 0 Å². The van der Waals surface area contributed by atoms with Crippen molar-refractivity contribution in [3.8, 4) is 0 Å². The van der Waals surface area contributed by atoms with Crippen LogP contribution in [0.2, 0.25) is 0 Å². The van der Waals surface area contributed by atoms with Gasteiger partial charge in [-0.25, -0.2) is 4.98 Å². The van der Waals surface area contributed by atoms with Crippen LogP contribution in [0.3, 0.4) is 0 Å². The second-order valence-electron chi connectivity index (χ2n) is 6.86. The number of rotatable bonds is 5. The summed E-state index contributed by atoms with van der Waals surface area (Å²) in [6.07, 6.45) is 6.01. The minimum atomic E-state index is 0.366. The van der Waals surface area contributed by atoms with Crippen LogP contribution in [-0.4, -0.2) is 39.4 Å². The minimum Gasteiger partial charge on any atom is -0.381 e. The molecule has 136 valence electrons. The molecule has 0 saturated heterocycles. The molecule has 5 rings (SSSR count). The van der Waals surface area contributed by atoms with Crippen LogP contribution < -0.4 is 10.6 Å². The number of aromatic nitrogens is 4. The van der Waals surface area contributed by atoms with Gasteiger partial charge in [-0.3, -0.25) is 10.1 Å². The van der Waals surface area contributed by atoms with Crippen molar-refractivity contribution in [2.75, 3.05) is 17.7 Å². The maximum Gasteiger partial charge on any atom is 0.178 e. The monoisotopic (exact) mass is 360 g/mol. The van der Waals surface area contributed by atoms with Gasteiger partial charge in [0.2, 0.25) is 0 Å². The molecule has 4 aromatic rings. The lowest BCUT2D eigenvalue weighted by atomic mass is 9.89. The molecule has 1 aromatic carbocycles. The predicted octanol–water partition coefficient (Wildman–Crippen LogP) is 3.84. The second-order valence-corrected chi connectivity index (χ2v) is 6.86. The van der Waals surface area contributed by atoms with Crippen molar-refractivity contribution in [1.82, 2.24) is 20.2 Å². The maximum absolute atomic E-state index is 5.36. The number of aromatic amines is 1. The van der Waals surface area contributed by atoms with E-state index in [1.165, 1.54) is 0 Å². The molecule has 3 N–H and O–H groups in total. The van der Waals surface area contributed by atoms with Gasteiger partial charge in [-0.05, 0) is 54.6 Å². The number of fused-ring (bicyclic) bond motifs is 2. The van der Waals surface area contributed by atoms with Crippen LogP contribution in [0.1, 0.15) is 12.8 Å². The first-order valence-electron chi connectivity index (χ1n) is 9.04. The van der Waals surface area contributed by atoms with E-state index in [0.717, 1.165) is 52.0 Å². The molecular weight excluding hydrogens is 340 g/mol. The van der Waals surface area contributed by atoms with Crippen molar-refractivity contribution in [3.63, 3.8) is 0 Å². The van der Waals surface area contributed by atoms with E-state index < -0.39 is 0 Å². The Kier molecular flexibility index (Phi) is 3.86. The number of pyridine rings is 2. The van der Waals surface area contributed by atoms with Gasteiger partial charge in [-0.2, -0.15) is 5.10 Å². The summed E-state index contributed by atoms with van der Waals surface area (Å²) < 4.78 is 5.36. The van der Waals surface area contributed by atoms with Gasteiger partial charge in [0.05, 0.1) is 11.6 Å². The van der Waals surface area contributed by atoms with E-state index >= 15 is 0 Å².